The molecule has 0 saturated carbocycles. The number of nitrogens with two attached hydrogens (primary N) is 2. The van der Waals surface area contributed by atoms with Gasteiger partial charge >= 0.3 is 6.01 Å². The molecule has 0 unspecified atom stereocenters. The standard InChI is InChI=1S/C7H13N5O2/c8-1-3-13-6-5-10-7(12-11-6)14-4-2-9/h5H,1-4,8-9H2. The van der Waals surface area contributed by atoms with Gasteiger partial charge in [-0.15, -0.1) is 5.10 Å². The number of hydrogen-bond acceptors (Lipinski definition) is 7. The topological polar surface area (TPSA) is 109 Å². The van der Waals surface area contributed by atoms with Crippen LogP contribution >= 0.6 is 0 Å². The van der Waals surface area contributed by atoms with Gasteiger partial charge in [0.05, 0.1) is 6.20 Å². The van der Waals surface area contributed by atoms with Crippen molar-refractivity contribution in [1.82, 2.24) is 15.2 Å². The van der Waals surface area contributed by atoms with E-state index in [1.54, 1.807) is 0 Å². The van der Waals surface area contributed by atoms with Gasteiger partial charge in [-0.05, 0) is 0 Å². The molecule has 0 aliphatic heterocycles. The number of nitrogens with zero attached hydrogens (tertiary/aromatic N) is 3. The molecular weight excluding hydrogens is 186 g/mol. The Morgan fingerprint density at radius 3 is 2.36 bits per heavy atom. The molecule has 1 aromatic heterocycles. The van der Waals surface area contributed by atoms with Crippen molar-refractivity contribution in [1.29, 1.82) is 0 Å². The largest absolute Gasteiger partial charge is 0.474 e. The SMILES string of the molecule is NCCOc1cnc(OCCN)nn1. The highest BCUT2D eigenvalue weighted by Crippen LogP contribution is 2.04. The summed E-state index contributed by atoms with van der Waals surface area (Å²) in [5, 5.41) is 7.38. The molecule has 0 aliphatic rings. The minimum Gasteiger partial charge on any atom is -0.474 e. The van der Waals surface area contributed by atoms with Gasteiger partial charge in [0.1, 0.15) is 13.2 Å². The molecule has 7 nitrogen and oxygen atoms in total. The fraction of sp³-hybridized carbons (Fsp3) is 0.571. The van der Waals surface area contributed by atoms with Crippen LogP contribution in [0.1, 0.15) is 0 Å². The Balaban J connectivity index is 2.42. The molecule has 0 bridgehead atoms. The molecule has 0 amide bonds. The normalized spacial score (nSPS) is 9.86. The van der Waals surface area contributed by atoms with Gasteiger partial charge in [0.2, 0.25) is 0 Å². The van der Waals surface area contributed by atoms with Crippen molar-refractivity contribution in [3.05, 3.63) is 6.20 Å². The van der Waals surface area contributed by atoms with Gasteiger partial charge < -0.3 is 20.9 Å². The molecule has 1 heterocycles. The Labute approximate surface area is 81.4 Å². The minimum absolute atomic E-state index is 0.190. The van der Waals surface area contributed by atoms with Crippen LogP contribution in [0.4, 0.5) is 0 Å². The summed E-state index contributed by atoms with van der Waals surface area (Å²) in [6, 6.07) is 0.190. The molecule has 78 valence electrons. The summed E-state index contributed by atoms with van der Waals surface area (Å²) in [7, 11) is 0. The highest BCUT2D eigenvalue weighted by atomic mass is 16.5. The molecule has 0 aliphatic carbocycles. The highest BCUT2D eigenvalue weighted by molar-refractivity contribution is 5.02. The Morgan fingerprint density at radius 1 is 1.07 bits per heavy atom. The second-order valence-electron chi connectivity index (χ2n) is 2.35. The molecule has 4 N–H and O–H groups in total. The third-order valence-corrected chi connectivity index (χ3v) is 1.24. The molecule has 0 aromatic carbocycles. The van der Waals surface area contributed by atoms with Crippen LogP contribution in [0.3, 0.4) is 0 Å². The summed E-state index contributed by atoms with van der Waals surface area (Å²) in [5.41, 5.74) is 10.5. The van der Waals surface area contributed by atoms with Gasteiger partial charge in [0.25, 0.3) is 5.88 Å². The summed E-state index contributed by atoms with van der Waals surface area (Å²) in [5.74, 6) is 0.329. The van der Waals surface area contributed by atoms with Gasteiger partial charge in [-0.2, -0.15) is 4.98 Å². The predicted molar refractivity (Wildman–Crippen MR) is 48.9 cm³/mol. The van der Waals surface area contributed by atoms with Crippen molar-refractivity contribution < 1.29 is 9.47 Å². The second-order valence-corrected chi connectivity index (χ2v) is 2.35. The van der Waals surface area contributed by atoms with Crippen molar-refractivity contribution in [2.45, 2.75) is 0 Å². The lowest BCUT2D eigenvalue weighted by Crippen LogP contribution is -2.14. The lowest BCUT2D eigenvalue weighted by atomic mass is 10.7. The summed E-state index contributed by atoms with van der Waals surface area (Å²) >= 11 is 0. The minimum atomic E-state index is 0.190. The lowest BCUT2D eigenvalue weighted by molar-refractivity contribution is 0.280. The fourth-order valence-corrected chi connectivity index (χ4v) is 0.700. The van der Waals surface area contributed by atoms with E-state index in [1.807, 2.05) is 0 Å². The van der Waals surface area contributed by atoms with Crippen molar-refractivity contribution in [2.24, 2.45) is 11.5 Å². The van der Waals surface area contributed by atoms with E-state index in [4.69, 9.17) is 20.9 Å². The van der Waals surface area contributed by atoms with E-state index >= 15 is 0 Å². The van der Waals surface area contributed by atoms with Crippen LogP contribution in [0.2, 0.25) is 0 Å². The second kappa shape index (κ2) is 6.06. The molecule has 1 rings (SSSR count). The zero-order valence-electron chi connectivity index (χ0n) is 7.72. The van der Waals surface area contributed by atoms with Crippen LogP contribution in [-0.4, -0.2) is 41.5 Å². The first-order chi connectivity index (χ1) is 6.86. The zero-order chi connectivity index (χ0) is 10.2. The molecule has 14 heavy (non-hydrogen) atoms. The van der Waals surface area contributed by atoms with Crippen LogP contribution in [0.15, 0.2) is 6.20 Å². The third kappa shape index (κ3) is 3.50. The smallest absolute Gasteiger partial charge is 0.335 e. The van der Waals surface area contributed by atoms with Crippen molar-refractivity contribution in [3.63, 3.8) is 0 Å². The fourth-order valence-electron chi connectivity index (χ4n) is 0.700. The van der Waals surface area contributed by atoms with Gasteiger partial charge in [0.15, 0.2) is 0 Å². The highest BCUT2D eigenvalue weighted by Gasteiger charge is 1.99. The van der Waals surface area contributed by atoms with Gasteiger partial charge in [-0.25, -0.2) is 0 Å². The maximum Gasteiger partial charge on any atom is 0.335 e. The van der Waals surface area contributed by atoms with Gasteiger partial charge in [-0.3, -0.25) is 0 Å². The van der Waals surface area contributed by atoms with E-state index in [1.165, 1.54) is 6.20 Å². The Bertz CT molecular complexity index is 226. The summed E-state index contributed by atoms with van der Waals surface area (Å²) in [6.07, 6.45) is 1.43. The zero-order valence-corrected chi connectivity index (χ0v) is 7.72. The monoisotopic (exact) mass is 199 g/mol. The van der Waals surface area contributed by atoms with E-state index < -0.39 is 0 Å². The quantitative estimate of drug-likeness (QED) is 0.576. The molecule has 1 aromatic rings. The van der Waals surface area contributed by atoms with E-state index in [9.17, 15) is 0 Å². The number of ether oxygens (including phenoxy) is 2. The summed E-state index contributed by atoms with van der Waals surface area (Å²) in [6.45, 7) is 1.59. The molecule has 7 heteroatoms. The van der Waals surface area contributed by atoms with E-state index in [0.29, 0.717) is 32.2 Å². The van der Waals surface area contributed by atoms with Crippen LogP contribution < -0.4 is 20.9 Å². The first-order valence-electron chi connectivity index (χ1n) is 4.22. The van der Waals surface area contributed by atoms with E-state index in [2.05, 4.69) is 15.2 Å². The average Bonchev–Trinajstić information content (AvgIpc) is 2.25. The van der Waals surface area contributed by atoms with Crippen molar-refractivity contribution >= 4 is 0 Å². The molecule has 0 fully saturated rings. The number of aromatic nitrogens is 3. The van der Waals surface area contributed by atoms with Crippen molar-refractivity contribution in [2.75, 3.05) is 26.3 Å². The summed E-state index contributed by atoms with van der Waals surface area (Å²) < 4.78 is 10.1. The van der Waals surface area contributed by atoms with E-state index in [0.717, 1.165) is 0 Å². The first kappa shape index (κ1) is 10.6. The molecule has 0 radical (unpaired) electrons. The van der Waals surface area contributed by atoms with Gasteiger partial charge in [-0.1, -0.05) is 5.10 Å². The average molecular weight is 199 g/mol. The maximum atomic E-state index is 5.24. The predicted octanol–water partition coefficient (Wildman–Crippen LogP) is -1.45. The van der Waals surface area contributed by atoms with Crippen LogP contribution in [0.5, 0.6) is 11.9 Å². The van der Waals surface area contributed by atoms with E-state index in [-0.39, 0.29) is 6.01 Å². The Morgan fingerprint density at radius 2 is 1.79 bits per heavy atom. The van der Waals surface area contributed by atoms with Crippen LogP contribution in [0.25, 0.3) is 0 Å². The number of rotatable bonds is 6. The summed E-state index contributed by atoms with van der Waals surface area (Å²) in [4.78, 5) is 3.85. The first-order valence-corrected chi connectivity index (χ1v) is 4.22. The molecular formula is C7H13N5O2. The maximum absolute atomic E-state index is 5.24. The van der Waals surface area contributed by atoms with Gasteiger partial charge in [0, 0.05) is 13.1 Å². The molecule has 0 saturated heterocycles. The van der Waals surface area contributed by atoms with Crippen molar-refractivity contribution in [3.8, 4) is 11.9 Å². The number of hydrogen-bond donors (Lipinski definition) is 2. The van der Waals surface area contributed by atoms with Crippen LogP contribution in [0, 0.1) is 0 Å². The molecule has 0 spiro atoms. The molecule has 0 atom stereocenters. The lowest BCUT2D eigenvalue weighted by Gasteiger charge is -2.03. The Hall–Kier alpha value is -1.47. The van der Waals surface area contributed by atoms with Crippen LogP contribution in [-0.2, 0) is 0 Å². The Kier molecular flexibility index (Phi) is 4.59. The third-order valence-electron chi connectivity index (χ3n) is 1.24.